The summed E-state index contributed by atoms with van der Waals surface area (Å²) in [6.07, 6.45) is 4.23. The highest BCUT2D eigenvalue weighted by Gasteiger charge is 2.44. The van der Waals surface area contributed by atoms with Gasteiger partial charge in [0.25, 0.3) is 5.91 Å². The van der Waals surface area contributed by atoms with Crippen LogP contribution in [0.3, 0.4) is 0 Å². The number of carbonyl (C=O) groups is 1. The van der Waals surface area contributed by atoms with Crippen LogP contribution in [-0.4, -0.2) is 55.0 Å². The number of aliphatic hydroxyl groups excluding tert-OH is 1. The minimum absolute atomic E-state index is 0.0209. The summed E-state index contributed by atoms with van der Waals surface area (Å²) in [5.74, 6) is 0.507. The normalized spacial score (nSPS) is 28.4. The lowest BCUT2D eigenvalue weighted by molar-refractivity contribution is 0.0374. The molecule has 2 aromatic heterocycles. The van der Waals surface area contributed by atoms with E-state index >= 15 is 0 Å². The number of benzene rings is 1. The smallest absolute Gasteiger partial charge is 0.277 e. The van der Waals surface area contributed by atoms with Crippen LogP contribution >= 0.6 is 0 Å². The summed E-state index contributed by atoms with van der Waals surface area (Å²) >= 11 is 0. The molecule has 8 nitrogen and oxygen atoms in total. The molecule has 0 radical (unpaired) electrons. The van der Waals surface area contributed by atoms with Crippen molar-refractivity contribution in [3.63, 3.8) is 0 Å². The molecule has 1 N–H and O–H groups in total. The van der Waals surface area contributed by atoms with Gasteiger partial charge in [-0.2, -0.15) is 0 Å². The molecule has 134 valence electrons. The van der Waals surface area contributed by atoms with Crippen molar-refractivity contribution in [3.05, 3.63) is 42.5 Å². The van der Waals surface area contributed by atoms with Crippen molar-refractivity contribution in [3.8, 4) is 0 Å². The van der Waals surface area contributed by atoms with Gasteiger partial charge in [0.05, 0.1) is 29.5 Å². The van der Waals surface area contributed by atoms with Gasteiger partial charge < -0.3 is 14.6 Å². The van der Waals surface area contributed by atoms with Crippen molar-refractivity contribution >= 4 is 16.9 Å². The molecule has 1 aromatic carbocycles. The van der Waals surface area contributed by atoms with Crippen molar-refractivity contribution in [1.29, 1.82) is 0 Å². The Balaban J connectivity index is 1.38. The molecule has 3 heterocycles. The third kappa shape index (κ3) is 2.40. The van der Waals surface area contributed by atoms with Gasteiger partial charge in [-0.1, -0.05) is 17.3 Å². The van der Waals surface area contributed by atoms with Crippen LogP contribution in [0.4, 0.5) is 0 Å². The van der Waals surface area contributed by atoms with Gasteiger partial charge in [0.1, 0.15) is 6.20 Å². The quantitative estimate of drug-likeness (QED) is 0.750. The fourth-order valence-corrected chi connectivity index (χ4v) is 4.54. The Hall–Kier alpha value is -2.74. The second-order valence-electron chi connectivity index (χ2n) is 7.27. The number of aromatic nitrogens is 4. The zero-order chi connectivity index (χ0) is 17.7. The fourth-order valence-electron chi connectivity index (χ4n) is 4.54. The van der Waals surface area contributed by atoms with Gasteiger partial charge in [0.2, 0.25) is 0 Å². The number of para-hydroxylation sites is 2. The average molecular weight is 353 g/mol. The zero-order valence-corrected chi connectivity index (χ0v) is 14.1. The van der Waals surface area contributed by atoms with Crippen LogP contribution in [-0.2, 0) is 0 Å². The van der Waals surface area contributed by atoms with Crippen LogP contribution < -0.4 is 0 Å². The summed E-state index contributed by atoms with van der Waals surface area (Å²) in [6.45, 7) is 1.32. The number of hydrogen-bond acceptors (Lipinski definition) is 6. The first-order valence-electron chi connectivity index (χ1n) is 8.87. The fraction of sp³-hybridized carbons (Fsp3) is 0.444. The second-order valence-corrected chi connectivity index (χ2v) is 7.27. The van der Waals surface area contributed by atoms with Crippen LogP contribution in [0.15, 0.2) is 41.4 Å². The first-order chi connectivity index (χ1) is 12.7. The van der Waals surface area contributed by atoms with E-state index in [-0.39, 0.29) is 17.6 Å². The van der Waals surface area contributed by atoms with Crippen LogP contribution in [0.2, 0.25) is 0 Å². The number of carbonyl (C=O) groups excluding carboxylic acids is 1. The average Bonchev–Trinajstić information content (AvgIpc) is 3.39. The maximum Gasteiger partial charge on any atom is 0.277 e. The minimum atomic E-state index is -0.447. The maximum absolute atomic E-state index is 12.5. The topological polar surface area (TPSA) is 97.3 Å². The number of likely N-dealkylation sites (tertiary alicyclic amines) is 1. The summed E-state index contributed by atoms with van der Waals surface area (Å²) in [6, 6.07) is 7.94. The lowest BCUT2D eigenvalue weighted by Gasteiger charge is -2.36. The lowest BCUT2D eigenvalue weighted by atomic mass is 9.77. The van der Waals surface area contributed by atoms with Crippen LogP contribution in [0, 0.1) is 11.8 Å². The van der Waals surface area contributed by atoms with Crippen molar-refractivity contribution in [2.45, 2.75) is 25.0 Å². The SMILES string of the molecule is O=C(c1cnon1)N1C[C@H]2C[C@@H](n3cnc4ccccc43)[C@H](O)C[C@H]2C1. The molecule has 8 heteroatoms. The Labute approximate surface area is 149 Å². The van der Waals surface area contributed by atoms with E-state index in [0.717, 1.165) is 17.5 Å². The molecule has 26 heavy (non-hydrogen) atoms. The molecular weight excluding hydrogens is 334 g/mol. The molecule has 0 unspecified atom stereocenters. The standard InChI is InChI=1S/C18H19N5O3/c24-17-6-12-9-22(18(25)14-7-20-26-21-14)8-11(12)5-16(17)23-10-19-13-3-1-2-4-15(13)23/h1-4,7,10-12,16-17,24H,5-6,8-9H2/t11-,12+,16-,17-/m1/s1. The molecule has 3 aromatic rings. The van der Waals surface area contributed by atoms with E-state index in [4.69, 9.17) is 0 Å². The van der Waals surface area contributed by atoms with E-state index in [1.165, 1.54) is 6.20 Å². The highest BCUT2D eigenvalue weighted by Crippen LogP contribution is 2.42. The van der Waals surface area contributed by atoms with Gasteiger partial charge in [-0.25, -0.2) is 9.61 Å². The third-order valence-corrected chi connectivity index (χ3v) is 5.82. The molecule has 2 aliphatic rings. The molecular formula is C18H19N5O3. The largest absolute Gasteiger partial charge is 0.391 e. The number of nitrogens with zero attached hydrogens (tertiary/aromatic N) is 5. The second kappa shape index (κ2) is 5.91. The Kier molecular flexibility index (Phi) is 3.53. The maximum atomic E-state index is 12.5. The highest BCUT2D eigenvalue weighted by atomic mass is 16.6. The van der Waals surface area contributed by atoms with Crippen molar-refractivity contribution in [1.82, 2.24) is 24.8 Å². The molecule has 1 aliphatic heterocycles. The molecule has 1 saturated heterocycles. The molecule has 1 amide bonds. The number of imidazole rings is 1. The predicted molar refractivity (Wildman–Crippen MR) is 91.2 cm³/mol. The molecule has 4 atom stereocenters. The van der Waals surface area contributed by atoms with E-state index < -0.39 is 6.10 Å². The molecule has 1 saturated carbocycles. The van der Waals surface area contributed by atoms with E-state index in [1.54, 1.807) is 4.90 Å². The number of fused-ring (bicyclic) bond motifs is 2. The van der Waals surface area contributed by atoms with Crippen LogP contribution in [0.5, 0.6) is 0 Å². The summed E-state index contributed by atoms with van der Waals surface area (Å²) in [5, 5.41) is 17.9. The van der Waals surface area contributed by atoms with Crippen molar-refractivity contribution in [2.75, 3.05) is 13.1 Å². The van der Waals surface area contributed by atoms with Crippen molar-refractivity contribution in [2.24, 2.45) is 11.8 Å². The Morgan fingerprint density at radius 1 is 1.19 bits per heavy atom. The zero-order valence-electron chi connectivity index (χ0n) is 14.1. The lowest BCUT2D eigenvalue weighted by Crippen LogP contribution is -2.36. The molecule has 1 aliphatic carbocycles. The predicted octanol–water partition coefficient (Wildman–Crippen LogP) is 1.50. The first kappa shape index (κ1) is 15.5. The number of hydrogen-bond donors (Lipinski definition) is 1. The summed E-state index contributed by atoms with van der Waals surface area (Å²) in [4.78, 5) is 18.8. The van der Waals surface area contributed by atoms with E-state index in [9.17, 15) is 9.90 Å². The van der Waals surface area contributed by atoms with E-state index in [2.05, 4.69) is 24.5 Å². The van der Waals surface area contributed by atoms with Crippen LogP contribution in [0.25, 0.3) is 11.0 Å². The Morgan fingerprint density at radius 2 is 2.00 bits per heavy atom. The molecule has 0 bridgehead atoms. The number of aliphatic hydroxyl groups is 1. The molecule has 5 rings (SSSR count). The highest BCUT2D eigenvalue weighted by molar-refractivity contribution is 5.92. The van der Waals surface area contributed by atoms with Gasteiger partial charge in [-0.3, -0.25) is 4.79 Å². The molecule has 0 spiro atoms. The monoisotopic (exact) mass is 353 g/mol. The Bertz CT molecular complexity index is 937. The summed E-state index contributed by atoms with van der Waals surface area (Å²) < 4.78 is 6.63. The minimum Gasteiger partial charge on any atom is -0.391 e. The van der Waals surface area contributed by atoms with Gasteiger partial charge in [0.15, 0.2) is 5.69 Å². The van der Waals surface area contributed by atoms with Crippen molar-refractivity contribution < 1.29 is 14.5 Å². The number of amides is 1. The number of rotatable bonds is 2. The summed E-state index contributed by atoms with van der Waals surface area (Å²) in [7, 11) is 0. The van der Waals surface area contributed by atoms with Gasteiger partial charge in [-0.05, 0) is 42.0 Å². The summed E-state index contributed by atoms with van der Waals surface area (Å²) in [5.41, 5.74) is 2.21. The van der Waals surface area contributed by atoms with E-state index in [0.29, 0.717) is 31.3 Å². The first-order valence-corrected chi connectivity index (χ1v) is 8.87. The Morgan fingerprint density at radius 3 is 2.81 bits per heavy atom. The third-order valence-electron chi connectivity index (χ3n) is 5.82. The molecule has 2 fully saturated rings. The van der Waals surface area contributed by atoms with Gasteiger partial charge in [0, 0.05) is 13.1 Å². The van der Waals surface area contributed by atoms with E-state index in [1.807, 2.05) is 30.6 Å². The van der Waals surface area contributed by atoms with Crippen LogP contribution in [0.1, 0.15) is 29.4 Å². The van der Waals surface area contributed by atoms with Gasteiger partial charge >= 0.3 is 0 Å². The van der Waals surface area contributed by atoms with Gasteiger partial charge in [-0.15, -0.1) is 0 Å².